The topological polar surface area (TPSA) is 6.25 Å². The lowest BCUT2D eigenvalue weighted by Gasteiger charge is -2.28. The molecule has 0 aliphatic carbocycles. The molecular formula is C20H24BrN2+. The van der Waals surface area contributed by atoms with E-state index in [1.54, 1.807) is 0 Å². The summed E-state index contributed by atoms with van der Waals surface area (Å²) < 4.78 is 3.53. The Kier molecular flexibility index (Phi) is 4.58. The molecule has 0 radical (unpaired) electrons. The fourth-order valence-corrected chi connectivity index (χ4v) is 4.16. The first kappa shape index (κ1) is 16.3. The van der Waals surface area contributed by atoms with E-state index in [0.717, 1.165) is 17.6 Å². The first-order valence-corrected chi connectivity index (χ1v) is 8.96. The van der Waals surface area contributed by atoms with E-state index in [1.807, 2.05) is 0 Å². The second-order valence-electron chi connectivity index (χ2n) is 6.48. The molecule has 3 heteroatoms. The summed E-state index contributed by atoms with van der Waals surface area (Å²) in [4.78, 5) is 2.49. The Balaban J connectivity index is 2.19. The molecule has 23 heavy (non-hydrogen) atoms. The monoisotopic (exact) mass is 371 g/mol. The molecule has 0 saturated heterocycles. The van der Waals surface area contributed by atoms with Crippen molar-refractivity contribution in [1.82, 2.24) is 0 Å². The van der Waals surface area contributed by atoms with Crippen LogP contribution in [0.3, 0.4) is 0 Å². The zero-order valence-electron chi connectivity index (χ0n) is 14.4. The van der Waals surface area contributed by atoms with Gasteiger partial charge >= 0.3 is 0 Å². The number of hydrogen-bond donors (Lipinski definition) is 0. The van der Waals surface area contributed by atoms with E-state index >= 15 is 0 Å². The van der Waals surface area contributed by atoms with Crippen molar-refractivity contribution < 1.29 is 4.58 Å². The predicted molar refractivity (Wildman–Crippen MR) is 102 cm³/mol. The Hall–Kier alpha value is -1.61. The van der Waals surface area contributed by atoms with Crippen LogP contribution in [0.1, 0.15) is 28.7 Å². The summed E-state index contributed by atoms with van der Waals surface area (Å²) in [5.41, 5.74) is 6.64. The SMILES string of the molecule is Cc1cc(C)c(N2CCC[N+](C)=C2c2ccccc2Br)c(C)c1. The van der Waals surface area contributed by atoms with Gasteiger partial charge in [-0.1, -0.05) is 29.8 Å². The number of amidine groups is 1. The highest BCUT2D eigenvalue weighted by atomic mass is 79.9. The number of halogens is 1. The highest BCUT2D eigenvalue weighted by molar-refractivity contribution is 9.10. The third kappa shape index (κ3) is 3.07. The first-order chi connectivity index (χ1) is 11.0. The third-order valence-electron chi connectivity index (χ3n) is 4.51. The second kappa shape index (κ2) is 6.48. The molecule has 0 unspecified atom stereocenters. The van der Waals surface area contributed by atoms with E-state index in [-0.39, 0.29) is 0 Å². The Morgan fingerprint density at radius 2 is 1.70 bits per heavy atom. The molecule has 0 aromatic heterocycles. The normalized spacial score (nSPS) is 15.3. The van der Waals surface area contributed by atoms with Gasteiger partial charge in [-0.05, 0) is 60.0 Å². The third-order valence-corrected chi connectivity index (χ3v) is 5.20. The minimum atomic E-state index is 1.06. The van der Waals surface area contributed by atoms with E-state index in [0.29, 0.717) is 0 Å². The Morgan fingerprint density at radius 3 is 2.35 bits per heavy atom. The number of anilines is 1. The summed E-state index contributed by atoms with van der Waals surface area (Å²) in [5, 5.41) is 0. The molecular weight excluding hydrogens is 348 g/mol. The molecule has 0 saturated carbocycles. The molecule has 3 rings (SSSR count). The van der Waals surface area contributed by atoms with Gasteiger partial charge in [0.15, 0.2) is 0 Å². The summed E-state index contributed by atoms with van der Waals surface area (Å²) in [6, 6.07) is 13.1. The van der Waals surface area contributed by atoms with Gasteiger partial charge in [-0.25, -0.2) is 4.90 Å². The van der Waals surface area contributed by atoms with Crippen LogP contribution in [0.25, 0.3) is 0 Å². The van der Waals surface area contributed by atoms with E-state index in [4.69, 9.17) is 0 Å². The highest BCUT2D eigenvalue weighted by Gasteiger charge is 2.32. The lowest BCUT2D eigenvalue weighted by Crippen LogP contribution is -2.44. The van der Waals surface area contributed by atoms with Crippen LogP contribution in [-0.4, -0.2) is 30.5 Å². The van der Waals surface area contributed by atoms with Crippen LogP contribution in [0, 0.1) is 20.8 Å². The van der Waals surface area contributed by atoms with Crippen molar-refractivity contribution in [2.75, 3.05) is 25.0 Å². The first-order valence-electron chi connectivity index (χ1n) is 8.17. The molecule has 1 aliphatic heterocycles. The van der Waals surface area contributed by atoms with Gasteiger partial charge in [0.25, 0.3) is 5.84 Å². The number of nitrogens with zero attached hydrogens (tertiary/aromatic N) is 2. The van der Waals surface area contributed by atoms with Crippen LogP contribution in [0.4, 0.5) is 5.69 Å². The van der Waals surface area contributed by atoms with Crippen molar-refractivity contribution in [2.24, 2.45) is 0 Å². The summed E-state index contributed by atoms with van der Waals surface area (Å²) >= 11 is 3.73. The Morgan fingerprint density at radius 1 is 1.04 bits per heavy atom. The lowest BCUT2D eigenvalue weighted by molar-refractivity contribution is -0.501. The standard InChI is InChI=1S/C20H24BrN2/c1-14-12-15(2)19(16(3)13-14)23-11-7-10-22(4)20(23)17-8-5-6-9-18(17)21/h5-6,8-9,12-13H,7,10-11H2,1-4H3/q+1. The van der Waals surface area contributed by atoms with Gasteiger partial charge < -0.3 is 0 Å². The van der Waals surface area contributed by atoms with Crippen molar-refractivity contribution in [3.63, 3.8) is 0 Å². The van der Waals surface area contributed by atoms with Gasteiger partial charge in [-0.2, -0.15) is 0 Å². The zero-order chi connectivity index (χ0) is 16.6. The molecule has 120 valence electrons. The van der Waals surface area contributed by atoms with E-state index < -0.39 is 0 Å². The van der Waals surface area contributed by atoms with Gasteiger partial charge in [0.2, 0.25) is 0 Å². The van der Waals surface area contributed by atoms with Crippen molar-refractivity contribution in [1.29, 1.82) is 0 Å². The minimum absolute atomic E-state index is 1.06. The van der Waals surface area contributed by atoms with Crippen LogP contribution in [0.2, 0.25) is 0 Å². The molecule has 0 fully saturated rings. The van der Waals surface area contributed by atoms with Gasteiger partial charge in [-0.3, -0.25) is 4.58 Å². The molecule has 2 aromatic rings. The van der Waals surface area contributed by atoms with Crippen LogP contribution in [-0.2, 0) is 0 Å². The van der Waals surface area contributed by atoms with Crippen molar-refractivity contribution >= 4 is 27.5 Å². The molecule has 2 nitrogen and oxygen atoms in total. The average molecular weight is 372 g/mol. The van der Waals surface area contributed by atoms with Gasteiger partial charge in [-0.15, -0.1) is 0 Å². The molecule has 1 heterocycles. The molecule has 0 N–H and O–H groups in total. The predicted octanol–water partition coefficient (Wildman–Crippen LogP) is 4.67. The quantitative estimate of drug-likeness (QED) is 0.695. The summed E-state index contributed by atoms with van der Waals surface area (Å²) in [7, 11) is 2.19. The minimum Gasteiger partial charge on any atom is -0.264 e. The maximum atomic E-state index is 3.73. The largest absolute Gasteiger partial charge is 0.285 e. The summed E-state index contributed by atoms with van der Waals surface area (Å²) in [6.07, 6.45) is 1.18. The van der Waals surface area contributed by atoms with Crippen LogP contribution in [0.15, 0.2) is 40.9 Å². The van der Waals surface area contributed by atoms with Crippen LogP contribution in [0.5, 0.6) is 0 Å². The van der Waals surface area contributed by atoms with Crippen LogP contribution < -0.4 is 4.90 Å². The van der Waals surface area contributed by atoms with Crippen LogP contribution >= 0.6 is 15.9 Å². The smallest absolute Gasteiger partial charge is 0.264 e. The lowest BCUT2D eigenvalue weighted by atomic mass is 10.0. The zero-order valence-corrected chi connectivity index (χ0v) is 15.9. The molecule has 0 amide bonds. The van der Waals surface area contributed by atoms with Crippen molar-refractivity contribution in [2.45, 2.75) is 27.2 Å². The average Bonchev–Trinajstić information content (AvgIpc) is 2.47. The fourth-order valence-electron chi connectivity index (χ4n) is 3.69. The highest BCUT2D eigenvalue weighted by Crippen LogP contribution is 2.30. The van der Waals surface area contributed by atoms with Crippen molar-refractivity contribution in [3.8, 4) is 0 Å². The van der Waals surface area contributed by atoms with Crippen molar-refractivity contribution in [3.05, 3.63) is 63.1 Å². The van der Waals surface area contributed by atoms with Gasteiger partial charge in [0, 0.05) is 10.9 Å². The molecule has 0 bridgehead atoms. The van der Waals surface area contributed by atoms with E-state index in [9.17, 15) is 0 Å². The summed E-state index contributed by atoms with van der Waals surface area (Å²) in [6.45, 7) is 8.77. The number of hydrogen-bond acceptors (Lipinski definition) is 1. The maximum Gasteiger partial charge on any atom is 0.285 e. The second-order valence-corrected chi connectivity index (χ2v) is 7.33. The van der Waals surface area contributed by atoms with E-state index in [1.165, 1.54) is 40.2 Å². The van der Waals surface area contributed by atoms with Gasteiger partial charge in [0.05, 0.1) is 25.7 Å². The molecule has 0 atom stereocenters. The Bertz CT molecular complexity index is 754. The number of rotatable bonds is 2. The molecule has 1 aliphatic rings. The maximum absolute atomic E-state index is 3.73. The fraction of sp³-hybridized carbons (Fsp3) is 0.350. The summed E-state index contributed by atoms with van der Waals surface area (Å²) in [5.74, 6) is 1.29. The van der Waals surface area contributed by atoms with E-state index in [2.05, 4.69) is 89.6 Å². The molecule has 2 aromatic carbocycles. The number of aryl methyl sites for hydroxylation is 3. The number of benzene rings is 2. The molecule has 0 spiro atoms. The van der Waals surface area contributed by atoms with Gasteiger partial charge in [0.1, 0.15) is 5.69 Å². The Labute approximate surface area is 147 Å².